The van der Waals surface area contributed by atoms with E-state index in [2.05, 4.69) is 30.5 Å². The standard InChI is InChI=1S/C20H26ClN7O3S/c1-4-12-16(21)27-17(25-12)19(30)26-13-6-9-28(10-14(13)31-3)20-24-11(2)15(32-20)18(29)23-8-5-7-22/h13-14H,4-6,8-10H2,1-3H3,(H,23,29)(H,25,27)(H,26,30)/t13-,14+/m1/s1. The Bertz CT molecular complexity index is 1020. The zero-order chi connectivity index (χ0) is 23.3. The van der Waals surface area contributed by atoms with Crippen molar-refractivity contribution in [2.45, 2.75) is 45.3 Å². The van der Waals surface area contributed by atoms with E-state index in [-0.39, 0.29) is 36.2 Å². The van der Waals surface area contributed by atoms with Crippen LogP contribution >= 0.6 is 22.9 Å². The van der Waals surface area contributed by atoms with Crippen LogP contribution in [0.25, 0.3) is 0 Å². The molecule has 0 spiro atoms. The number of piperidine rings is 1. The molecule has 3 rings (SSSR count). The quantitative estimate of drug-likeness (QED) is 0.493. The number of nitrogens with one attached hydrogen (secondary N) is 3. The van der Waals surface area contributed by atoms with Crippen molar-refractivity contribution in [3.8, 4) is 6.07 Å². The molecule has 0 aliphatic carbocycles. The van der Waals surface area contributed by atoms with E-state index in [4.69, 9.17) is 21.6 Å². The van der Waals surface area contributed by atoms with Crippen molar-refractivity contribution in [1.29, 1.82) is 5.26 Å². The molecule has 1 aliphatic heterocycles. The highest BCUT2D eigenvalue weighted by atomic mass is 35.5. The van der Waals surface area contributed by atoms with Gasteiger partial charge in [-0.2, -0.15) is 5.26 Å². The number of methoxy groups -OCH3 is 1. The van der Waals surface area contributed by atoms with Gasteiger partial charge in [-0.25, -0.2) is 9.97 Å². The van der Waals surface area contributed by atoms with Crippen LogP contribution in [0.3, 0.4) is 0 Å². The number of nitrogens with zero attached hydrogens (tertiary/aromatic N) is 4. The molecule has 0 aromatic carbocycles. The number of aromatic amines is 1. The second kappa shape index (κ2) is 10.8. The van der Waals surface area contributed by atoms with Crippen LogP contribution in [-0.2, 0) is 11.2 Å². The monoisotopic (exact) mass is 479 g/mol. The van der Waals surface area contributed by atoms with E-state index >= 15 is 0 Å². The molecule has 172 valence electrons. The van der Waals surface area contributed by atoms with Crippen LogP contribution in [0.2, 0.25) is 5.15 Å². The number of H-pyrrole nitrogens is 1. The van der Waals surface area contributed by atoms with Crippen LogP contribution in [0.5, 0.6) is 0 Å². The third-order valence-electron chi connectivity index (χ3n) is 5.26. The summed E-state index contributed by atoms with van der Waals surface area (Å²) in [5.41, 5.74) is 1.37. The van der Waals surface area contributed by atoms with Crippen LogP contribution < -0.4 is 15.5 Å². The Kier molecular flexibility index (Phi) is 8.06. The molecule has 1 aliphatic rings. The van der Waals surface area contributed by atoms with Gasteiger partial charge in [0.1, 0.15) is 4.88 Å². The van der Waals surface area contributed by atoms with E-state index < -0.39 is 0 Å². The molecule has 2 atom stereocenters. The number of carbonyl (C=O) groups is 2. The first-order chi connectivity index (χ1) is 15.4. The molecular weight excluding hydrogens is 454 g/mol. The maximum absolute atomic E-state index is 12.6. The SMILES string of the molecule is CCc1[nH]c(C(=O)N[C@@H]2CCN(c3nc(C)c(C(=O)NCCC#N)s3)C[C@@H]2OC)nc1Cl. The van der Waals surface area contributed by atoms with E-state index in [1.807, 2.05) is 13.0 Å². The van der Waals surface area contributed by atoms with Crippen molar-refractivity contribution in [3.05, 3.63) is 27.2 Å². The average Bonchev–Trinajstić information content (AvgIpc) is 3.36. The Morgan fingerprint density at radius 2 is 2.19 bits per heavy atom. The maximum atomic E-state index is 12.6. The van der Waals surface area contributed by atoms with E-state index in [1.54, 1.807) is 14.0 Å². The van der Waals surface area contributed by atoms with Crippen LogP contribution in [0.4, 0.5) is 5.13 Å². The van der Waals surface area contributed by atoms with Gasteiger partial charge < -0.3 is 25.3 Å². The molecule has 0 bridgehead atoms. The highest BCUT2D eigenvalue weighted by Crippen LogP contribution is 2.29. The fraction of sp³-hybridized carbons (Fsp3) is 0.550. The summed E-state index contributed by atoms with van der Waals surface area (Å²) < 4.78 is 5.65. The highest BCUT2D eigenvalue weighted by molar-refractivity contribution is 7.17. The van der Waals surface area contributed by atoms with Crippen molar-refractivity contribution in [1.82, 2.24) is 25.6 Å². The molecule has 1 fully saturated rings. The van der Waals surface area contributed by atoms with Crippen molar-refractivity contribution >= 4 is 39.9 Å². The van der Waals surface area contributed by atoms with Crippen LogP contribution in [0.15, 0.2) is 0 Å². The Balaban J connectivity index is 1.64. The molecule has 0 radical (unpaired) electrons. The van der Waals surface area contributed by atoms with Crippen LogP contribution in [0, 0.1) is 18.3 Å². The van der Waals surface area contributed by atoms with E-state index in [0.29, 0.717) is 48.2 Å². The first-order valence-corrected chi connectivity index (χ1v) is 11.5. The lowest BCUT2D eigenvalue weighted by molar-refractivity contribution is 0.0538. The minimum Gasteiger partial charge on any atom is -0.377 e. The first kappa shape index (κ1) is 24.0. The van der Waals surface area contributed by atoms with Gasteiger partial charge in [-0.15, -0.1) is 0 Å². The van der Waals surface area contributed by atoms with Gasteiger partial charge >= 0.3 is 0 Å². The zero-order valence-electron chi connectivity index (χ0n) is 18.2. The highest BCUT2D eigenvalue weighted by Gasteiger charge is 2.33. The Labute approximate surface area is 195 Å². The van der Waals surface area contributed by atoms with Crippen molar-refractivity contribution < 1.29 is 14.3 Å². The molecule has 2 amide bonds. The Morgan fingerprint density at radius 3 is 2.84 bits per heavy atom. The number of ether oxygens (including phenoxy) is 1. The molecule has 2 aromatic heterocycles. The number of aryl methyl sites for hydroxylation is 2. The van der Waals surface area contributed by atoms with Gasteiger partial charge in [0, 0.05) is 26.7 Å². The topological polar surface area (TPSA) is 136 Å². The molecule has 10 nitrogen and oxygen atoms in total. The summed E-state index contributed by atoms with van der Waals surface area (Å²) in [4.78, 5) is 39.2. The lowest BCUT2D eigenvalue weighted by Gasteiger charge is -2.37. The second-order valence-electron chi connectivity index (χ2n) is 7.37. The van der Waals surface area contributed by atoms with Gasteiger partial charge in [0.15, 0.2) is 16.1 Å². The summed E-state index contributed by atoms with van der Waals surface area (Å²) in [7, 11) is 1.60. The largest absolute Gasteiger partial charge is 0.377 e. The van der Waals surface area contributed by atoms with Gasteiger partial charge in [0.25, 0.3) is 11.8 Å². The van der Waals surface area contributed by atoms with Crippen molar-refractivity contribution in [3.63, 3.8) is 0 Å². The number of hydrogen-bond donors (Lipinski definition) is 3. The van der Waals surface area contributed by atoms with Crippen LogP contribution in [0.1, 0.15) is 51.4 Å². The maximum Gasteiger partial charge on any atom is 0.287 e. The van der Waals surface area contributed by atoms with Gasteiger partial charge in [0.2, 0.25) is 0 Å². The number of rotatable bonds is 8. The summed E-state index contributed by atoms with van der Waals surface area (Å²) in [6.07, 6.45) is 1.29. The smallest absolute Gasteiger partial charge is 0.287 e. The lowest BCUT2D eigenvalue weighted by Crippen LogP contribution is -2.55. The summed E-state index contributed by atoms with van der Waals surface area (Å²) in [6.45, 7) is 5.19. The average molecular weight is 480 g/mol. The number of amides is 2. The summed E-state index contributed by atoms with van der Waals surface area (Å²) >= 11 is 7.36. The number of anilines is 1. The fourth-order valence-corrected chi connectivity index (χ4v) is 4.78. The van der Waals surface area contributed by atoms with Gasteiger partial charge in [0.05, 0.1) is 36.0 Å². The molecule has 1 saturated heterocycles. The van der Waals surface area contributed by atoms with E-state index in [9.17, 15) is 9.59 Å². The summed E-state index contributed by atoms with van der Waals surface area (Å²) in [5, 5.41) is 15.4. The van der Waals surface area contributed by atoms with Crippen LogP contribution in [-0.4, -0.2) is 65.7 Å². The molecule has 32 heavy (non-hydrogen) atoms. The normalized spacial score (nSPS) is 18.3. The second-order valence-corrected chi connectivity index (χ2v) is 8.71. The zero-order valence-corrected chi connectivity index (χ0v) is 19.8. The van der Waals surface area contributed by atoms with Gasteiger partial charge in [-0.1, -0.05) is 29.9 Å². The summed E-state index contributed by atoms with van der Waals surface area (Å²) in [6, 6.07) is 1.80. The number of hydrogen-bond acceptors (Lipinski definition) is 8. The number of halogens is 1. The lowest BCUT2D eigenvalue weighted by atomic mass is 10.0. The van der Waals surface area contributed by atoms with E-state index in [1.165, 1.54) is 11.3 Å². The Hall–Kier alpha value is -2.68. The van der Waals surface area contributed by atoms with Crippen molar-refractivity contribution in [2.24, 2.45) is 0 Å². The number of nitriles is 1. The molecule has 0 unspecified atom stereocenters. The predicted molar refractivity (Wildman–Crippen MR) is 121 cm³/mol. The minimum atomic E-state index is -0.325. The molecule has 3 heterocycles. The summed E-state index contributed by atoms with van der Waals surface area (Å²) in [5.74, 6) is -0.365. The minimum absolute atomic E-state index is 0.187. The molecule has 0 saturated carbocycles. The molecule has 12 heteroatoms. The van der Waals surface area contributed by atoms with E-state index in [0.717, 1.165) is 10.8 Å². The molecule has 2 aromatic rings. The number of carbonyl (C=O) groups excluding carboxylic acids is 2. The molecular formula is C20H26ClN7O3S. The number of thiazole rings is 1. The number of imidazole rings is 1. The third-order valence-corrected chi connectivity index (χ3v) is 6.79. The van der Waals surface area contributed by atoms with Gasteiger partial charge in [-0.3, -0.25) is 9.59 Å². The fourth-order valence-electron chi connectivity index (χ4n) is 3.50. The number of aromatic nitrogens is 3. The molecule has 3 N–H and O–H groups in total. The third kappa shape index (κ3) is 5.38. The predicted octanol–water partition coefficient (Wildman–Crippen LogP) is 2.06. The van der Waals surface area contributed by atoms with Crippen molar-refractivity contribution in [2.75, 3.05) is 31.6 Å². The first-order valence-electron chi connectivity index (χ1n) is 10.3. The Morgan fingerprint density at radius 1 is 1.41 bits per heavy atom. The van der Waals surface area contributed by atoms with Gasteiger partial charge in [-0.05, 0) is 19.8 Å².